The van der Waals surface area contributed by atoms with Crippen molar-refractivity contribution in [3.63, 3.8) is 0 Å². The predicted molar refractivity (Wildman–Crippen MR) is 72.5 cm³/mol. The van der Waals surface area contributed by atoms with Gasteiger partial charge in [-0.2, -0.15) is 4.98 Å². The SMILES string of the molecule is Cc1noc(CNC(=O)c2cc(F)ccc2C#CCN)n1. The first kappa shape index (κ1) is 14.7. The van der Waals surface area contributed by atoms with Gasteiger partial charge in [0.2, 0.25) is 5.89 Å². The number of hydrogen-bond acceptors (Lipinski definition) is 5. The molecule has 1 aromatic carbocycles. The van der Waals surface area contributed by atoms with E-state index in [-0.39, 0.29) is 24.5 Å². The first-order valence-electron chi connectivity index (χ1n) is 6.16. The molecule has 3 N–H and O–H groups in total. The summed E-state index contributed by atoms with van der Waals surface area (Å²) in [5.74, 6) is 5.10. The van der Waals surface area contributed by atoms with Crippen molar-refractivity contribution >= 4 is 5.91 Å². The van der Waals surface area contributed by atoms with Crippen LogP contribution in [0.3, 0.4) is 0 Å². The Bertz CT molecular complexity index is 715. The summed E-state index contributed by atoms with van der Waals surface area (Å²) in [7, 11) is 0. The molecule has 0 aliphatic heterocycles. The number of hydrogen-bond donors (Lipinski definition) is 2. The second-order valence-electron chi connectivity index (χ2n) is 4.11. The Labute approximate surface area is 120 Å². The van der Waals surface area contributed by atoms with Crippen LogP contribution in [0.4, 0.5) is 4.39 Å². The van der Waals surface area contributed by atoms with E-state index in [1.165, 1.54) is 12.1 Å². The van der Waals surface area contributed by atoms with Crippen molar-refractivity contribution in [3.8, 4) is 11.8 Å². The molecule has 0 radical (unpaired) electrons. The van der Waals surface area contributed by atoms with Gasteiger partial charge < -0.3 is 15.6 Å². The number of nitrogens with one attached hydrogen (secondary N) is 1. The van der Waals surface area contributed by atoms with E-state index in [1.807, 2.05) is 0 Å². The van der Waals surface area contributed by atoms with Crippen molar-refractivity contribution in [2.24, 2.45) is 5.73 Å². The summed E-state index contributed by atoms with van der Waals surface area (Å²) >= 11 is 0. The fourth-order valence-corrected chi connectivity index (χ4v) is 1.62. The minimum Gasteiger partial charge on any atom is -0.343 e. The van der Waals surface area contributed by atoms with Gasteiger partial charge in [0.15, 0.2) is 5.82 Å². The molecule has 0 atom stereocenters. The third-order valence-electron chi connectivity index (χ3n) is 2.52. The Morgan fingerprint density at radius 1 is 1.52 bits per heavy atom. The molecule has 1 aromatic heterocycles. The van der Waals surface area contributed by atoms with Crippen molar-refractivity contribution in [2.45, 2.75) is 13.5 Å². The number of nitrogens with zero attached hydrogens (tertiary/aromatic N) is 2. The summed E-state index contributed by atoms with van der Waals surface area (Å²) in [6, 6.07) is 3.79. The van der Waals surface area contributed by atoms with E-state index >= 15 is 0 Å². The van der Waals surface area contributed by atoms with E-state index in [4.69, 9.17) is 10.3 Å². The second-order valence-corrected chi connectivity index (χ2v) is 4.11. The maximum absolute atomic E-state index is 13.3. The van der Waals surface area contributed by atoms with Gasteiger partial charge in [-0.05, 0) is 25.1 Å². The molecule has 0 unspecified atom stereocenters. The highest BCUT2D eigenvalue weighted by atomic mass is 19.1. The summed E-state index contributed by atoms with van der Waals surface area (Å²) in [5.41, 5.74) is 5.83. The van der Waals surface area contributed by atoms with Gasteiger partial charge in [-0.25, -0.2) is 4.39 Å². The van der Waals surface area contributed by atoms with Gasteiger partial charge >= 0.3 is 0 Å². The van der Waals surface area contributed by atoms with Gasteiger partial charge in [0.1, 0.15) is 5.82 Å². The van der Waals surface area contributed by atoms with Crippen LogP contribution in [0, 0.1) is 24.6 Å². The Morgan fingerprint density at radius 3 is 3.00 bits per heavy atom. The van der Waals surface area contributed by atoms with Gasteiger partial charge in [-0.15, -0.1) is 0 Å². The lowest BCUT2D eigenvalue weighted by Gasteiger charge is -2.05. The van der Waals surface area contributed by atoms with Gasteiger partial charge in [-0.1, -0.05) is 17.0 Å². The molecule has 7 heteroatoms. The minimum absolute atomic E-state index is 0.0555. The normalized spacial score (nSPS) is 9.86. The highest BCUT2D eigenvalue weighted by Gasteiger charge is 2.13. The molecule has 0 saturated carbocycles. The number of nitrogens with two attached hydrogens (primary N) is 1. The minimum atomic E-state index is -0.521. The molecule has 0 saturated heterocycles. The first-order valence-corrected chi connectivity index (χ1v) is 6.16. The molecule has 1 amide bonds. The highest BCUT2D eigenvalue weighted by Crippen LogP contribution is 2.11. The van der Waals surface area contributed by atoms with Crippen LogP contribution < -0.4 is 11.1 Å². The van der Waals surface area contributed by atoms with E-state index in [2.05, 4.69) is 27.3 Å². The molecule has 0 aliphatic carbocycles. The Balaban J connectivity index is 2.15. The monoisotopic (exact) mass is 288 g/mol. The van der Waals surface area contributed by atoms with Crippen LogP contribution in [0.1, 0.15) is 27.6 Å². The van der Waals surface area contributed by atoms with Crippen LogP contribution in [0.15, 0.2) is 22.7 Å². The van der Waals surface area contributed by atoms with Crippen LogP contribution in [0.25, 0.3) is 0 Å². The van der Waals surface area contributed by atoms with Gasteiger partial charge in [0, 0.05) is 5.56 Å². The van der Waals surface area contributed by atoms with E-state index in [9.17, 15) is 9.18 Å². The molecule has 21 heavy (non-hydrogen) atoms. The van der Waals surface area contributed by atoms with Crippen LogP contribution in [-0.2, 0) is 6.54 Å². The number of halogens is 1. The zero-order chi connectivity index (χ0) is 15.2. The predicted octanol–water partition coefficient (Wildman–Crippen LogP) is 0.757. The van der Waals surface area contributed by atoms with Crippen LogP contribution in [0.2, 0.25) is 0 Å². The molecule has 1 heterocycles. The maximum Gasteiger partial charge on any atom is 0.253 e. The zero-order valence-electron chi connectivity index (χ0n) is 11.3. The van der Waals surface area contributed by atoms with Crippen LogP contribution in [0.5, 0.6) is 0 Å². The van der Waals surface area contributed by atoms with Crippen LogP contribution >= 0.6 is 0 Å². The zero-order valence-corrected chi connectivity index (χ0v) is 11.3. The molecule has 2 rings (SSSR count). The summed E-state index contributed by atoms with van der Waals surface area (Å²) in [6.45, 7) is 1.88. The number of rotatable bonds is 3. The fourth-order valence-electron chi connectivity index (χ4n) is 1.62. The number of aryl methyl sites for hydroxylation is 1. The molecular weight excluding hydrogens is 275 g/mol. The largest absolute Gasteiger partial charge is 0.343 e. The van der Waals surface area contributed by atoms with E-state index in [0.29, 0.717) is 11.4 Å². The molecule has 0 spiro atoms. The van der Waals surface area contributed by atoms with E-state index in [0.717, 1.165) is 6.07 Å². The standard InChI is InChI=1S/C14H13FN4O2/c1-9-18-13(21-19-9)8-17-14(20)12-7-11(15)5-4-10(12)3-2-6-16/h4-5,7H,6,8,16H2,1H3,(H,17,20). The van der Waals surface area contributed by atoms with Crippen molar-refractivity contribution in [2.75, 3.05) is 6.54 Å². The smallest absolute Gasteiger partial charge is 0.253 e. The summed E-state index contributed by atoms with van der Waals surface area (Å²) < 4.78 is 18.2. The topological polar surface area (TPSA) is 94.0 Å². The van der Waals surface area contributed by atoms with Gasteiger partial charge in [-0.3, -0.25) is 4.79 Å². The number of amides is 1. The number of aromatic nitrogens is 2. The third kappa shape index (κ3) is 3.87. The van der Waals surface area contributed by atoms with E-state index < -0.39 is 11.7 Å². The Morgan fingerprint density at radius 2 is 2.33 bits per heavy atom. The molecule has 2 aromatic rings. The molecule has 0 bridgehead atoms. The molecule has 0 aliphatic rings. The molecule has 6 nitrogen and oxygen atoms in total. The number of benzene rings is 1. The van der Waals surface area contributed by atoms with Crippen molar-refractivity contribution in [1.82, 2.24) is 15.5 Å². The van der Waals surface area contributed by atoms with Gasteiger partial charge in [0.05, 0.1) is 18.7 Å². The lowest BCUT2D eigenvalue weighted by Crippen LogP contribution is -2.24. The summed E-state index contributed by atoms with van der Waals surface area (Å²) in [6.07, 6.45) is 0. The Kier molecular flexibility index (Phi) is 4.64. The fraction of sp³-hybridized carbons (Fsp3) is 0.214. The van der Waals surface area contributed by atoms with Crippen LogP contribution in [-0.4, -0.2) is 22.6 Å². The number of carbonyl (C=O) groups is 1. The van der Waals surface area contributed by atoms with Gasteiger partial charge in [0.25, 0.3) is 5.91 Å². The molecule has 108 valence electrons. The third-order valence-corrected chi connectivity index (χ3v) is 2.52. The molecular formula is C14H13FN4O2. The molecule has 0 fully saturated rings. The Hall–Kier alpha value is -2.72. The average molecular weight is 288 g/mol. The van der Waals surface area contributed by atoms with Crippen molar-refractivity contribution in [3.05, 3.63) is 46.9 Å². The van der Waals surface area contributed by atoms with E-state index in [1.54, 1.807) is 6.92 Å². The summed E-state index contributed by atoms with van der Waals surface area (Å²) in [4.78, 5) is 16.0. The quantitative estimate of drug-likeness (QED) is 0.813. The maximum atomic E-state index is 13.3. The van der Waals surface area contributed by atoms with Crippen molar-refractivity contribution in [1.29, 1.82) is 0 Å². The average Bonchev–Trinajstić information content (AvgIpc) is 2.89. The lowest BCUT2D eigenvalue weighted by atomic mass is 10.1. The number of carbonyl (C=O) groups excluding carboxylic acids is 1. The summed E-state index contributed by atoms with van der Waals surface area (Å²) in [5, 5.41) is 6.18. The van der Waals surface area contributed by atoms with Crippen molar-refractivity contribution < 1.29 is 13.7 Å². The first-order chi connectivity index (χ1) is 10.1. The second kappa shape index (κ2) is 6.63. The highest BCUT2D eigenvalue weighted by molar-refractivity contribution is 5.96. The lowest BCUT2D eigenvalue weighted by molar-refractivity contribution is 0.0945.